The summed E-state index contributed by atoms with van der Waals surface area (Å²) < 4.78 is 5.28. The molecule has 0 aliphatic heterocycles. The van der Waals surface area contributed by atoms with Crippen LogP contribution in [0.4, 0.5) is 0 Å². The zero-order valence-corrected chi connectivity index (χ0v) is 11.1. The average molecular weight is 276 g/mol. The maximum absolute atomic E-state index is 11.4. The second-order valence-corrected chi connectivity index (χ2v) is 4.41. The SMILES string of the molecule is CCCCNC(=O)COc1cc(Cl)ccc1Cl. The van der Waals surface area contributed by atoms with Crippen LogP contribution >= 0.6 is 23.2 Å². The molecule has 0 spiro atoms. The van der Waals surface area contributed by atoms with E-state index in [1.807, 2.05) is 0 Å². The van der Waals surface area contributed by atoms with Crippen LogP contribution in [0.15, 0.2) is 18.2 Å². The van der Waals surface area contributed by atoms with Gasteiger partial charge in [-0.1, -0.05) is 36.5 Å². The Labute approximate surface area is 111 Å². The molecule has 5 heteroatoms. The van der Waals surface area contributed by atoms with Gasteiger partial charge in [-0.15, -0.1) is 0 Å². The van der Waals surface area contributed by atoms with Gasteiger partial charge in [0.2, 0.25) is 0 Å². The zero-order valence-electron chi connectivity index (χ0n) is 9.63. The van der Waals surface area contributed by atoms with Crippen molar-refractivity contribution in [2.45, 2.75) is 19.8 Å². The molecule has 0 aliphatic rings. The monoisotopic (exact) mass is 275 g/mol. The lowest BCUT2D eigenvalue weighted by Crippen LogP contribution is -2.29. The Bertz CT molecular complexity index is 383. The van der Waals surface area contributed by atoms with Crippen LogP contribution in [0.25, 0.3) is 0 Å². The predicted molar refractivity (Wildman–Crippen MR) is 69.9 cm³/mol. The van der Waals surface area contributed by atoms with Gasteiger partial charge in [0.25, 0.3) is 5.91 Å². The van der Waals surface area contributed by atoms with E-state index in [2.05, 4.69) is 12.2 Å². The van der Waals surface area contributed by atoms with Gasteiger partial charge in [-0.3, -0.25) is 4.79 Å². The van der Waals surface area contributed by atoms with Crippen LogP contribution in [0, 0.1) is 0 Å². The van der Waals surface area contributed by atoms with Crippen molar-refractivity contribution < 1.29 is 9.53 Å². The van der Waals surface area contributed by atoms with Crippen LogP contribution in [-0.4, -0.2) is 19.1 Å². The molecule has 0 saturated carbocycles. The lowest BCUT2D eigenvalue weighted by atomic mass is 10.3. The first-order valence-corrected chi connectivity index (χ1v) is 6.23. The van der Waals surface area contributed by atoms with Gasteiger partial charge in [0, 0.05) is 17.6 Å². The van der Waals surface area contributed by atoms with Crippen molar-refractivity contribution in [1.29, 1.82) is 0 Å². The van der Waals surface area contributed by atoms with Gasteiger partial charge in [-0.2, -0.15) is 0 Å². The van der Waals surface area contributed by atoms with Crippen molar-refractivity contribution in [3.63, 3.8) is 0 Å². The summed E-state index contributed by atoms with van der Waals surface area (Å²) in [6.07, 6.45) is 2.00. The number of rotatable bonds is 6. The molecule has 0 aliphatic carbocycles. The Morgan fingerprint density at radius 1 is 1.41 bits per heavy atom. The van der Waals surface area contributed by atoms with Crippen molar-refractivity contribution in [3.8, 4) is 5.75 Å². The lowest BCUT2D eigenvalue weighted by molar-refractivity contribution is -0.123. The molecule has 0 aromatic heterocycles. The Hall–Kier alpha value is -0.930. The van der Waals surface area contributed by atoms with E-state index in [1.54, 1.807) is 18.2 Å². The van der Waals surface area contributed by atoms with Crippen molar-refractivity contribution in [1.82, 2.24) is 5.32 Å². The number of carbonyl (C=O) groups is 1. The highest BCUT2D eigenvalue weighted by atomic mass is 35.5. The first kappa shape index (κ1) is 14.1. The molecule has 94 valence electrons. The number of ether oxygens (including phenoxy) is 1. The fourth-order valence-electron chi connectivity index (χ4n) is 1.19. The molecule has 0 bridgehead atoms. The second kappa shape index (κ2) is 7.41. The van der Waals surface area contributed by atoms with E-state index < -0.39 is 0 Å². The molecule has 1 aromatic rings. The van der Waals surface area contributed by atoms with Crippen molar-refractivity contribution in [2.24, 2.45) is 0 Å². The minimum atomic E-state index is -0.158. The Balaban J connectivity index is 2.39. The first-order valence-electron chi connectivity index (χ1n) is 5.48. The molecule has 0 saturated heterocycles. The van der Waals surface area contributed by atoms with Gasteiger partial charge in [0.05, 0.1) is 5.02 Å². The number of benzene rings is 1. The topological polar surface area (TPSA) is 38.3 Å². The van der Waals surface area contributed by atoms with Gasteiger partial charge >= 0.3 is 0 Å². The van der Waals surface area contributed by atoms with E-state index in [1.165, 1.54) is 0 Å². The van der Waals surface area contributed by atoms with Gasteiger partial charge in [-0.25, -0.2) is 0 Å². The van der Waals surface area contributed by atoms with Crippen molar-refractivity contribution in [2.75, 3.05) is 13.2 Å². The molecule has 1 amide bonds. The second-order valence-electron chi connectivity index (χ2n) is 3.57. The molecule has 0 heterocycles. The minimum absolute atomic E-state index is 0.0518. The summed E-state index contributed by atoms with van der Waals surface area (Å²) in [7, 11) is 0. The number of hydrogen-bond donors (Lipinski definition) is 1. The summed E-state index contributed by atoms with van der Waals surface area (Å²) in [5, 5.41) is 3.71. The van der Waals surface area contributed by atoms with Gasteiger partial charge in [0.1, 0.15) is 5.75 Å². The van der Waals surface area contributed by atoms with E-state index in [9.17, 15) is 4.79 Å². The quantitative estimate of drug-likeness (QED) is 0.810. The number of nitrogens with one attached hydrogen (secondary N) is 1. The molecule has 1 rings (SSSR count). The average Bonchev–Trinajstić information content (AvgIpc) is 2.31. The third kappa shape index (κ3) is 5.29. The minimum Gasteiger partial charge on any atom is -0.482 e. The Morgan fingerprint density at radius 2 is 2.18 bits per heavy atom. The summed E-state index contributed by atoms with van der Waals surface area (Å²) in [5.74, 6) is 0.263. The molecule has 0 unspecified atom stereocenters. The molecule has 0 atom stereocenters. The Kier molecular flexibility index (Phi) is 6.16. The molecule has 1 N–H and O–H groups in total. The third-order valence-electron chi connectivity index (χ3n) is 2.10. The summed E-state index contributed by atoms with van der Waals surface area (Å²) >= 11 is 11.7. The highest BCUT2D eigenvalue weighted by Gasteiger charge is 2.05. The smallest absolute Gasteiger partial charge is 0.257 e. The van der Waals surface area contributed by atoms with E-state index >= 15 is 0 Å². The summed E-state index contributed by atoms with van der Waals surface area (Å²) in [6.45, 7) is 2.68. The number of carbonyl (C=O) groups excluding carboxylic acids is 1. The number of hydrogen-bond acceptors (Lipinski definition) is 2. The zero-order chi connectivity index (χ0) is 12.7. The van der Waals surface area contributed by atoms with E-state index in [0.717, 1.165) is 12.8 Å². The normalized spacial score (nSPS) is 10.1. The highest BCUT2D eigenvalue weighted by Crippen LogP contribution is 2.27. The third-order valence-corrected chi connectivity index (χ3v) is 2.65. The lowest BCUT2D eigenvalue weighted by Gasteiger charge is -2.08. The largest absolute Gasteiger partial charge is 0.482 e. The van der Waals surface area contributed by atoms with Crippen LogP contribution in [0.2, 0.25) is 10.0 Å². The fraction of sp³-hybridized carbons (Fsp3) is 0.417. The van der Waals surface area contributed by atoms with Crippen molar-refractivity contribution >= 4 is 29.1 Å². The molecule has 1 aromatic carbocycles. The molecule has 17 heavy (non-hydrogen) atoms. The van der Waals surface area contributed by atoms with Crippen LogP contribution < -0.4 is 10.1 Å². The van der Waals surface area contributed by atoms with Gasteiger partial charge in [0.15, 0.2) is 6.61 Å². The number of amides is 1. The van der Waals surface area contributed by atoms with Crippen LogP contribution in [-0.2, 0) is 4.79 Å². The van der Waals surface area contributed by atoms with Crippen LogP contribution in [0.5, 0.6) is 5.75 Å². The summed E-state index contributed by atoms with van der Waals surface area (Å²) in [5.41, 5.74) is 0. The molecular formula is C12H15Cl2NO2. The fourth-order valence-corrected chi connectivity index (χ4v) is 1.52. The first-order chi connectivity index (χ1) is 8.13. The maximum Gasteiger partial charge on any atom is 0.257 e. The van der Waals surface area contributed by atoms with Gasteiger partial charge in [-0.05, 0) is 18.6 Å². The summed E-state index contributed by atoms with van der Waals surface area (Å²) in [6, 6.07) is 4.88. The van der Waals surface area contributed by atoms with Crippen LogP contribution in [0.1, 0.15) is 19.8 Å². The number of halogens is 2. The van der Waals surface area contributed by atoms with Crippen LogP contribution in [0.3, 0.4) is 0 Å². The number of unbranched alkanes of at least 4 members (excludes halogenated alkanes) is 1. The predicted octanol–water partition coefficient (Wildman–Crippen LogP) is 3.29. The standard InChI is InChI=1S/C12H15Cl2NO2/c1-2-3-6-15-12(16)8-17-11-7-9(13)4-5-10(11)14/h4-5,7H,2-3,6,8H2,1H3,(H,15,16). The molecule has 0 fully saturated rings. The van der Waals surface area contributed by atoms with E-state index in [4.69, 9.17) is 27.9 Å². The van der Waals surface area contributed by atoms with E-state index in [0.29, 0.717) is 22.3 Å². The molecule has 3 nitrogen and oxygen atoms in total. The van der Waals surface area contributed by atoms with E-state index in [-0.39, 0.29) is 12.5 Å². The Morgan fingerprint density at radius 3 is 2.88 bits per heavy atom. The maximum atomic E-state index is 11.4. The highest BCUT2D eigenvalue weighted by molar-refractivity contribution is 6.34. The molecular weight excluding hydrogens is 261 g/mol. The van der Waals surface area contributed by atoms with Crippen molar-refractivity contribution in [3.05, 3.63) is 28.2 Å². The summed E-state index contributed by atoms with van der Waals surface area (Å²) in [4.78, 5) is 11.4. The molecule has 0 radical (unpaired) electrons. The van der Waals surface area contributed by atoms with Gasteiger partial charge < -0.3 is 10.1 Å².